The molecule has 2 heterocycles. The number of fused-ring (bicyclic) bond motifs is 3. The quantitative estimate of drug-likeness (QED) is 0.473. The van der Waals surface area contributed by atoms with Crippen molar-refractivity contribution in [1.82, 2.24) is 9.55 Å². The second kappa shape index (κ2) is 7.92. The van der Waals surface area contributed by atoms with Crippen LogP contribution in [0.5, 0.6) is 5.75 Å². The van der Waals surface area contributed by atoms with Crippen LogP contribution in [-0.2, 0) is 11.2 Å². The molecule has 1 saturated heterocycles. The third-order valence-corrected chi connectivity index (χ3v) is 6.02. The number of benzene rings is 3. The third kappa shape index (κ3) is 3.35. The molecule has 152 valence electrons. The predicted octanol–water partition coefficient (Wildman–Crippen LogP) is 4.50. The van der Waals surface area contributed by atoms with E-state index in [2.05, 4.69) is 24.3 Å². The lowest BCUT2D eigenvalue weighted by molar-refractivity contribution is 0.0685. The molecule has 1 aromatic heterocycles. The number of nitrogens with zero attached hydrogens (tertiary/aromatic N) is 2. The van der Waals surface area contributed by atoms with Crippen molar-refractivity contribution in [2.45, 2.75) is 25.3 Å². The first-order chi connectivity index (χ1) is 14.7. The van der Waals surface area contributed by atoms with E-state index < -0.39 is 0 Å². The Morgan fingerprint density at radius 3 is 2.50 bits per heavy atom. The van der Waals surface area contributed by atoms with E-state index in [1.54, 1.807) is 18.0 Å². The van der Waals surface area contributed by atoms with E-state index in [9.17, 15) is 4.79 Å². The van der Waals surface area contributed by atoms with Crippen LogP contribution in [0, 0.1) is 0 Å². The summed E-state index contributed by atoms with van der Waals surface area (Å²) in [5.74, 6) is 0.839. The number of hydrogen-bond acceptors (Lipinski definition) is 4. The fourth-order valence-electron chi connectivity index (χ4n) is 4.38. The number of rotatable bonds is 4. The van der Waals surface area contributed by atoms with Gasteiger partial charge in [-0.1, -0.05) is 36.4 Å². The lowest BCUT2D eigenvalue weighted by Gasteiger charge is -2.24. The molecule has 1 aliphatic rings. The molecule has 0 saturated carbocycles. The third-order valence-electron chi connectivity index (χ3n) is 6.02. The molecule has 0 atom stereocenters. The molecule has 0 amide bonds. The van der Waals surface area contributed by atoms with Gasteiger partial charge in [0.15, 0.2) is 0 Å². The Balaban J connectivity index is 1.66. The molecule has 0 radical (unpaired) electrons. The zero-order valence-corrected chi connectivity index (χ0v) is 17.0. The highest BCUT2D eigenvalue weighted by Gasteiger charge is 2.19. The fraction of sp³-hybridized carbons (Fsp3) is 0.280. The Bertz CT molecular complexity index is 1260. The molecule has 4 aromatic rings. The van der Waals surface area contributed by atoms with Crippen LogP contribution >= 0.6 is 0 Å². The zero-order chi connectivity index (χ0) is 20.5. The summed E-state index contributed by atoms with van der Waals surface area (Å²) in [6.07, 6.45) is 4.15. The van der Waals surface area contributed by atoms with Gasteiger partial charge in [0, 0.05) is 24.6 Å². The fourth-order valence-corrected chi connectivity index (χ4v) is 4.38. The van der Waals surface area contributed by atoms with Crippen molar-refractivity contribution in [3.8, 4) is 5.75 Å². The van der Waals surface area contributed by atoms with E-state index in [1.165, 1.54) is 5.56 Å². The van der Waals surface area contributed by atoms with E-state index in [1.807, 2.05) is 30.3 Å². The average molecular weight is 400 g/mol. The van der Waals surface area contributed by atoms with Gasteiger partial charge in [-0.2, -0.15) is 0 Å². The van der Waals surface area contributed by atoms with Crippen LogP contribution in [0.2, 0.25) is 0 Å². The van der Waals surface area contributed by atoms with E-state index in [4.69, 9.17) is 14.5 Å². The Morgan fingerprint density at radius 2 is 1.77 bits per heavy atom. The standard InChI is InChI=1S/C25H24N2O3/c1-29-20-8-6-17(7-9-20)14-18-15-23-24(22-5-3-2-4-21(18)22)26-16-27(25(23)28)19-10-12-30-13-11-19/h2-9,15-16,19H,10-14H2,1H3. The first kappa shape index (κ1) is 18.8. The van der Waals surface area contributed by atoms with Crippen LogP contribution in [0.15, 0.2) is 65.7 Å². The van der Waals surface area contributed by atoms with Crippen LogP contribution in [0.25, 0.3) is 21.7 Å². The minimum atomic E-state index is 0.0358. The summed E-state index contributed by atoms with van der Waals surface area (Å²) in [6.45, 7) is 1.38. The van der Waals surface area contributed by atoms with Crippen molar-refractivity contribution in [2.24, 2.45) is 0 Å². The highest BCUT2D eigenvalue weighted by molar-refractivity contribution is 6.06. The van der Waals surface area contributed by atoms with Crippen LogP contribution in [0.3, 0.4) is 0 Å². The second-order valence-electron chi connectivity index (χ2n) is 7.80. The monoisotopic (exact) mass is 400 g/mol. The van der Waals surface area contributed by atoms with Crippen LogP contribution in [-0.4, -0.2) is 29.9 Å². The molecule has 5 heteroatoms. The molecule has 0 bridgehead atoms. The highest BCUT2D eigenvalue weighted by atomic mass is 16.5. The SMILES string of the molecule is COc1ccc(Cc2cc3c(=O)n(C4CCOCC4)cnc3c3ccccc23)cc1. The molecule has 0 N–H and O–H groups in total. The summed E-state index contributed by atoms with van der Waals surface area (Å²) in [7, 11) is 1.67. The molecular formula is C25H24N2O3. The number of aromatic nitrogens is 2. The molecule has 1 fully saturated rings. The molecule has 0 spiro atoms. The molecule has 0 aliphatic carbocycles. The average Bonchev–Trinajstić information content (AvgIpc) is 2.81. The predicted molar refractivity (Wildman–Crippen MR) is 118 cm³/mol. The Labute approximate surface area is 174 Å². The number of ether oxygens (including phenoxy) is 2. The van der Waals surface area contributed by atoms with Crippen LogP contribution in [0.1, 0.15) is 30.0 Å². The molecule has 5 rings (SSSR count). The number of hydrogen-bond donors (Lipinski definition) is 0. The van der Waals surface area contributed by atoms with E-state index in [0.717, 1.165) is 46.9 Å². The Hall–Kier alpha value is -3.18. The van der Waals surface area contributed by atoms with Gasteiger partial charge in [0.2, 0.25) is 0 Å². The van der Waals surface area contributed by atoms with E-state index >= 15 is 0 Å². The van der Waals surface area contributed by atoms with Gasteiger partial charge in [0.25, 0.3) is 5.56 Å². The maximum atomic E-state index is 13.4. The van der Waals surface area contributed by atoms with Crippen molar-refractivity contribution in [2.75, 3.05) is 20.3 Å². The van der Waals surface area contributed by atoms with Gasteiger partial charge in [-0.05, 0) is 54.0 Å². The van der Waals surface area contributed by atoms with Crippen LogP contribution in [0.4, 0.5) is 0 Å². The normalized spacial score (nSPS) is 15.0. The molecule has 5 nitrogen and oxygen atoms in total. The summed E-state index contributed by atoms with van der Waals surface area (Å²) in [5, 5.41) is 2.84. The topological polar surface area (TPSA) is 53.4 Å². The van der Waals surface area contributed by atoms with Crippen molar-refractivity contribution < 1.29 is 9.47 Å². The van der Waals surface area contributed by atoms with Gasteiger partial charge in [0.1, 0.15) is 5.75 Å². The smallest absolute Gasteiger partial charge is 0.261 e. The van der Waals surface area contributed by atoms with Gasteiger partial charge in [-0.3, -0.25) is 9.36 Å². The summed E-state index contributed by atoms with van der Waals surface area (Å²) in [6, 6.07) is 18.5. The van der Waals surface area contributed by atoms with Crippen molar-refractivity contribution in [3.05, 3.63) is 82.4 Å². The summed E-state index contributed by atoms with van der Waals surface area (Å²) >= 11 is 0. The number of methoxy groups -OCH3 is 1. The highest BCUT2D eigenvalue weighted by Crippen LogP contribution is 2.29. The van der Waals surface area contributed by atoms with Crippen molar-refractivity contribution in [1.29, 1.82) is 0 Å². The van der Waals surface area contributed by atoms with Crippen molar-refractivity contribution >= 4 is 21.7 Å². The van der Waals surface area contributed by atoms with Gasteiger partial charge in [-0.25, -0.2) is 4.98 Å². The molecule has 3 aromatic carbocycles. The maximum absolute atomic E-state index is 13.4. The zero-order valence-electron chi connectivity index (χ0n) is 17.0. The first-order valence-corrected chi connectivity index (χ1v) is 10.4. The molecular weight excluding hydrogens is 376 g/mol. The largest absolute Gasteiger partial charge is 0.497 e. The first-order valence-electron chi connectivity index (χ1n) is 10.4. The Morgan fingerprint density at radius 1 is 1.03 bits per heavy atom. The second-order valence-corrected chi connectivity index (χ2v) is 7.80. The minimum Gasteiger partial charge on any atom is -0.497 e. The lowest BCUT2D eigenvalue weighted by Crippen LogP contribution is -2.29. The van der Waals surface area contributed by atoms with Gasteiger partial charge < -0.3 is 9.47 Å². The Kier molecular flexibility index (Phi) is 4.97. The molecule has 0 unspecified atom stereocenters. The van der Waals surface area contributed by atoms with Crippen molar-refractivity contribution in [3.63, 3.8) is 0 Å². The summed E-state index contributed by atoms with van der Waals surface area (Å²) in [4.78, 5) is 18.1. The molecule has 30 heavy (non-hydrogen) atoms. The summed E-state index contributed by atoms with van der Waals surface area (Å²) < 4.78 is 12.5. The summed E-state index contributed by atoms with van der Waals surface area (Å²) in [5.41, 5.74) is 3.12. The van der Waals surface area contributed by atoms with E-state index in [-0.39, 0.29) is 11.6 Å². The van der Waals surface area contributed by atoms with Gasteiger partial charge in [-0.15, -0.1) is 0 Å². The van der Waals surface area contributed by atoms with Gasteiger partial charge >= 0.3 is 0 Å². The lowest BCUT2D eigenvalue weighted by atomic mass is 9.96. The minimum absolute atomic E-state index is 0.0358. The van der Waals surface area contributed by atoms with Crippen LogP contribution < -0.4 is 10.3 Å². The van der Waals surface area contributed by atoms with Gasteiger partial charge in [0.05, 0.1) is 24.3 Å². The van der Waals surface area contributed by atoms with E-state index in [0.29, 0.717) is 18.6 Å². The maximum Gasteiger partial charge on any atom is 0.261 e. The molecule has 1 aliphatic heterocycles.